The van der Waals surface area contributed by atoms with Crippen LogP contribution in [0, 0.1) is 10.1 Å². The highest BCUT2D eigenvalue weighted by molar-refractivity contribution is 8.15. The Bertz CT molecular complexity index is 397. The summed E-state index contributed by atoms with van der Waals surface area (Å²) in [5, 5.41) is 20.0. The van der Waals surface area contributed by atoms with Gasteiger partial charge in [0, 0.05) is 16.2 Å². The van der Waals surface area contributed by atoms with Gasteiger partial charge in [-0.3, -0.25) is 14.9 Å². The van der Waals surface area contributed by atoms with E-state index in [-0.39, 0.29) is 10.5 Å². The van der Waals surface area contributed by atoms with E-state index in [1.807, 2.05) is 0 Å². The van der Waals surface area contributed by atoms with E-state index in [0.29, 0.717) is 0 Å². The molecule has 1 N–H and O–H groups in total. The molecule has 0 aromatic heterocycles. The molecule has 2 saturated heterocycles. The van der Waals surface area contributed by atoms with Crippen LogP contribution in [0.2, 0.25) is 0 Å². The minimum Gasteiger partial charge on any atom is -0.480 e. The Morgan fingerprint density at radius 1 is 1.64 bits per heavy atom. The predicted molar refractivity (Wildman–Crippen MR) is 52.0 cm³/mol. The monoisotopic (exact) mass is 231 g/mol. The van der Waals surface area contributed by atoms with Gasteiger partial charge in [0.25, 0.3) is 0 Å². The lowest BCUT2D eigenvalue weighted by Crippen LogP contribution is -2.44. The summed E-state index contributed by atoms with van der Waals surface area (Å²) in [7, 11) is 0. The molecule has 4 unspecified atom stereocenters. The largest absolute Gasteiger partial charge is 0.480 e. The number of hydrogen-bond donors (Lipinski definition) is 1. The maximum absolute atomic E-state index is 11.1. The van der Waals surface area contributed by atoms with Gasteiger partial charge < -0.3 is 5.11 Å². The van der Waals surface area contributed by atoms with Crippen LogP contribution in [-0.2, 0) is 4.79 Å². The maximum Gasteiger partial charge on any atom is 0.330 e. The van der Waals surface area contributed by atoms with Gasteiger partial charge in [-0.15, -0.1) is 11.8 Å². The van der Waals surface area contributed by atoms with E-state index in [1.54, 1.807) is 6.08 Å². The van der Waals surface area contributed by atoms with Crippen LogP contribution in [0.1, 0.15) is 0 Å². The lowest BCUT2D eigenvalue weighted by Gasteiger charge is -2.11. The number of nitro groups is 1. The zero-order chi connectivity index (χ0) is 10.1. The molecule has 74 valence electrons. The van der Waals surface area contributed by atoms with Crippen LogP contribution in [0.15, 0.2) is 12.2 Å². The molecular formula is C7H5NO4S2. The van der Waals surface area contributed by atoms with Crippen LogP contribution in [0.4, 0.5) is 0 Å². The van der Waals surface area contributed by atoms with Crippen molar-refractivity contribution in [1.82, 2.24) is 0 Å². The number of carbonyl (C=O) groups is 1. The van der Waals surface area contributed by atoms with Crippen LogP contribution in [0.5, 0.6) is 0 Å². The van der Waals surface area contributed by atoms with E-state index in [9.17, 15) is 14.9 Å². The molecule has 0 radical (unpaired) electrons. The van der Waals surface area contributed by atoms with Gasteiger partial charge in [-0.05, 0) is 11.8 Å². The lowest BCUT2D eigenvalue weighted by atomic mass is 9.90. The third-order valence-corrected chi connectivity index (χ3v) is 6.13. The molecule has 2 heterocycles. The quantitative estimate of drug-likeness (QED) is 0.324. The van der Waals surface area contributed by atoms with Gasteiger partial charge in [-0.25, -0.2) is 0 Å². The lowest BCUT2D eigenvalue weighted by molar-refractivity contribution is -0.516. The number of carboxylic acids is 1. The van der Waals surface area contributed by atoms with Crippen molar-refractivity contribution in [3.8, 4) is 0 Å². The maximum atomic E-state index is 11.1. The molecule has 3 aliphatic rings. The van der Waals surface area contributed by atoms with Crippen molar-refractivity contribution < 1.29 is 14.8 Å². The molecule has 4 atom stereocenters. The molecule has 0 amide bonds. The average molecular weight is 231 g/mol. The molecule has 0 bridgehead atoms. The number of carboxylic acid groups (broad SMARTS) is 1. The molecule has 0 spiro atoms. The standard InChI is InChI=1S/C7H5NO4S2/c9-5(10)7-4-3(13-4)1-2-6(7,14-7)8(11)12/h1-4H,(H,9,10). The Morgan fingerprint density at radius 3 is 2.93 bits per heavy atom. The molecule has 14 heavy (non-hydrogen) atoms. The fourth-order valence-electron chi connectivity index (χ4n) is 2.01. The van der Waals surface area contributed by atoms with Crippen molar-refractivity contribution in [3.05, 3.63) is 22.3 Å². The van der Waals surface area contributed by atoms with Gasteiger partial charge in [0.05, 0.1) is 5.25 Å². The summed E-state index contributed by atoms with van der Waals surface area (Å²) in [6, 6.07) is 0. The minimum absolute atomic E-state index is 0.111. The molecule has 0 saturated carbocycles. The van der Waals surface area contributed by atoms with Gasteiger partial charge in [0.1, 0.15) is 0 Å². The predicted octanol–water partition coefficient (Wildman–Crippen LogP) is 0.583. The van der Waals surface area contributed by atoms with E-state index < -0.39 is 20.5 Å². The Hall–Kier alpha value is -0.690. The van der Waals surface area contributed by atoms with E-state index in [0.717, 1.165) is 11.8 Å². The summed E-state index contributed by atoms with van der Waals surface area (Å²) >= 11 is 2.45. The van der Waals surface area contributed by atoms with Gasteiger partial charge >= 0.3 is 10.8 Å². The van der Waals surface area contributed by atoms with Crippen LogP contribution in [0.3, 0.4) is 0 Å². The first-order valence-electron chi connectivity index (χ1n) is 3.97. The fourth-order valence-corrected chi connectivity index (χ4v) is 5.04. The second kappa shape index (κ2) is 2.11. The normalized spacial score (nSPS) is 51.7. The highest BCUT2D eigenvalue weighted by Gasteiger charge is 2.91. The molecule has 3 rings (SSSR count). The molecule has 5 nitrogen and oxygen atoms in total. The van der Waals surface area contributed by atoms with E-state index in [4.69, 9.17) is 5.11 Å². The molecular weight excluding hydrogens is 226 g/mol. The van der Waals surface area contributed by atoms with Gasteiger partial charge in [0.2, 0.25) is 4.75 Å². The van der Waals surface area contributed by atoms with Crippen LogP contribution in [0.25, 0.3) is 0 Å². The first kappa shape index (κ1) is 8.60. The van der Waals surface area contributed by atoms with Crippen molar-refractivity contribution in [2.45, 2.75) is 20.1 Å². The molecule has 1 aliphatic carbocycles. The summed E-state index contributed by atoms with van der Waals surface area (Å²) in [6.07, 6.45) is 3.21. The molecule has 2 aliphatic heterocycles. The number of nitrogens with zero attached hydrogens (tertiary/aromatic N) is 1. The first-order valence-corrected chi connectivity index (χ1v) is 5.73. The zero-order valence-electron chi connectivity index (χ0n) is 6.75. The average Bonchev–Trinajstić information content (AvgIpc) is 2.96. The Kier molecular flexibility index (Phi) is 1.30. The number of hydrogen-bond acceptors (Lipinski definition) is 5. The van der Waals surface area contributed by atoms with Crippen LogP contribution < -0.4 is 0 Å². The van der Waals surface area contributed by atoms with E-state index in [1.165, 1.54) is 17.8 Å². The number of rotatable bonds is 2. The molecule has 0 aromatic rings. The summed E-state index contributed by atoms with van der Waals surface area (Å²) in [4.78, 5) is 20.1. The summed E-state index contributed by atoms with van der Waals surface area (Å²) in [5.74, 6) is -1.05. The number of fused-ring (bicyclic) bond motifs is 3. The van der Waals surface area contributed by atoms with Crippen molar-refractivity contribution >= 4 is 29.5 Å². The molecule has 0 aromatic carbocycles. The number of aliphatic carboxylic acids is 1. The highest BCUT2D eigenvalue weighted by atomic mass is 32.2. The fraction of sp³-hybridized carbons (Fsp3) is 0.571. The van der Waals surface area contributed by atoms with Crippen LogP contribution in [-0.4, -0.2) is 36.1 Å². The SMILES string of the molecule is O=C(O)C12SC1([N+](=O)[O-])C=CC1SC12. The number of thioether (sulfide) groups is 2. The van der Waals surface area contributed by atoms with Crippen molar-refractivity contribution in [1.29, 1.82) is 0 Å². The van der Waals surface area contributed by atoms with Crippen molar-refractivity contribution in [2.24, 2.45) is 0 Å². The van der Waals surface area contributed by atoms with Crippen LogP contribution >= 0.6 is 23.5 Å². The first-order chi connectivity index (χ1) is 6.54. The molecule has 7 heteroatoms. The van der Waals surface area contributed by atoms with E-state index >= 15 is 0 Å². The van der Waals surface area contributed by atoms with Crippen molar-refractivity contribution in [3.63, 3.8) is 0 Å². The zero-order valence-corrected chi connectivity index (χ0v) is 8.38. The smallest absolute Gasteiger partial charge is 0.330 e. The minimum atomic E-state index is -1.39. The van der Waals surface area contributed by atoms with E-state index in [2.05, 4.69) is 0 Å². The van der Waals surface area contributed by atoms with Crippen molar-refractivity contribution in [2.75, 3.05) is 0 Å². The summed E-state index contributed by atoms with van der Waals surface area (Å²) < 4.78 is -1.19. The summed E-state index contributed by atoms with van der Waals surface area (Å²) in [6.45, 7) is 0. The Balaban J connectivity index is 2.11. The van der Waals surface area contributed by atoms with Gasteiger partial charge in [-0.1, -0.05) is 6.08 Å². The Morgan fingerprint density at radius 2 is 2.36 bits per heavy atom. The van der Waals surface area contributed by atoms with Gasteiger partial charge in [0.15, 0.2) is 0 Å². The Labute approximate surface area is 87.1 Å². The topological polar surface area (TPSA) is 80.4 Å². The second-order valence-corrected chi connectivity index (χ2v) is 6.27. The second-order valence-electron chi connectivity index (χ2n) is 3.48. The third kappa shape index (κ3) is 0.672. The van der Waals surface area contributed by atoms with Gasteiger partial charge in [-0.2, -0.15) is 0 Å². The summed E-state index contributed by atoms with van der Waals surface area (Å²) in [5.41, 5.74) is 0. The molecule has 2 fully saturated rings. The third-order valence-electron chi connectivity index (χ3n) is 2.83. The highest BCUT2D eigenvalue weighted by Crippen LogP contribution is 2.76.